The van der Waals surface area contributed by atoms with E-state index in [2.05, 4.69) is 76.6 Å². The molecule has 0 radical (unpaired) electrons. The summed E-state index contributed by atoms with van der Waals surface area (Å²) in [7, 11) is 1.80. The number of aliphatic imine (C=N–C) groups is 1. The highest BCUT2D eigenvalue weighted by Gasteiger charge is 2.18. The van der Waals surface area contributed by atoms with E-state index in [1.54, 1.807) is 18.4 Å². The average Bonchev–Trinajstić information content (AvgIpc) is 3.07. The highest BCUT2D eigenvalue weighted by molar-refractivity contribution is 7.11. The summed E-state index contributed by atoms with van der Waals surface area (Å²) >= 11 is 1.71. The molecule has 6 heteroatoms. The minimum atomic E-state index is 0.317. The van der Waals surface area contributed by atoms with E-state index in [0.29, 0.717) is 12.6 Å². The van der Waals surface area contributed by atoms with Crippen LogP contribution in [0, 0.1) is 6.92 Å². The van der Waals surface area contributed by atoms with Gasteiger partial charge in [-0.15, -0.1) is 11.3 Å². The first-order valence-corrected chi connectivity index (χ1v) is 9.64. The van der Waals surface area contributed by atoms with E-state index >= 15 is 0 Å². The predicted octanol–water partition coefficient (Wildman–Crippen LogP) is 3.20. The van der Waals surface area contributed by atoms with Crippen molar-refractivity contribution in [3.8, 4) is 0 Å². The van der Waals surface area contributed by atoms with Crippen molar-refractivity contribution in [1.29, 1.82) is 0 Å². The third-order valence-corrected chi connectivity index (χ3v) is 5.11. The molecule has 1 unspecified atom stereocenters. The number of benzene rings is 1. The van der Waals surface area contributed by atoms with E-state index in [4.69, 9.17) is 0 Å². The summed E-state index contributed by atoms with van der Waals surface area (Å²) in [4.78, 5) is 12.4. The lowest BCUT2D eigenvalue weighted by Crippen LogP contribution is -2.43. The number of nitrogens with zero attached hydrogens (tertiary/aromatic N) is 3. The van der Waals surface area contributed by atoms with Crippen LogP contribution >= 0.6 is 11.3 Å². The molecule has 1 heterocycles. The van der Waals surface area contributed by atoms with Crippen molar-refractivity contribution < 1.29 is 0 Å². The maximum atomic E-state index is 4.38. The molecular formula is C19H29N5S. The second-order valence-electron chi connectivity index (χ2n) is 5.82. The number of hydrogen-bond donors (Lipinski definition) is 2. The Morgan fingerprint density at radius 1 is 1.20 bits per heavy atom. The topological polar surface area (TPSA) is 52.5 Å². The third kappa shape index (κ3) is 5.83. The van der Waals surface area contributed by atoms with Crippen LogP contribution in [0.3, 0.4) is 0 Å². The average molecular weight is 360 g/mol. The molecule has 2 N–H and O–H groups in total. The molecule has 1 atom stereocenters. The largest absolute Gasteiger partial charge is 0.354 e. The van der Waals surface area contributed by atoms with Gasteiger partial charge in [-0.05, 0) is 25.6 Å². The minimum Gasteiger partial charge on any atom is -0.354 e. The zero-order valence-electron chi connectivity index (χ0n) is 15.6. The standard InChI is InChI=1S/C19H29N5S/c1-5-24(6-2)17(16-10-8-7-9-11-16)13-22-19(20-4)23-14-18-21-12-15(3)25-18/h7-12,17H,5-6,13-14H2,1-4H3,(H2,20,22,23). The summed E-state index contributed by atoms with van der Waals surface area (Å²) in [6, 6.07) is 11.0. The Bertz CT molecular complexity index is 649. The Hall–Kier alpha value is -1.92. The summed E-state index contributed by atoms with van der Waals surface area (Å²) in [5.74, 6) is 0.806. The van der Waals surface area contributed by atoms with Crippen LogP contribution in [0.15, 0.2) is 41.5 Å². The number of likely N-dealkylation sites (N-methyl/N-ethyl adjacent to an activating group) is 1. The molecule has 0 bridgehead atoms. The smallest absolute Gasteiger partial charge is 0.191 e. The van der Waals surface area contributed by atoms with Crippen molar-refractivity contribution in [3.63, 3.8) is 0 Å². The molecule has 1 aromatic carbocycles. The molecule has 5 nitrogen and oxygen atoms in total. The number of rotatable bonds is 8. The Labute approximate surface area is 155 Å². The molecule has 136 valence electrons. The van der Waals surface area contributed by atoms with Gasteiger partial charge >= 0.3 is 0 Å². The Morgan fingerprint density at radius 3 is 2.48 bits per heavy atom. The van der Waals surface area contributed by atoms with Crippen molar-refractivity contribution in [2.75, 3.05) is 26.7 Å². The fourth-order valence-corrected chi connectivity index (χ4v) is 3.58. The summed E-state index contributed by atoms with van der Waals surface area (Å²) in [5.41, 5.74) is 1.32. The maximum Gasteiger partial charge on any atom is 0.191 e. The number of guanidine groups is 1. The molecule has 0 saturated carbocycles. The fraction of sp³-hybridized carbons (Fsp3) is 0.474. The van der Waals surface area contributed by atoms with Crippen LogP contribution in [-0.2, 0) is 6.54 Å². The molecule has 0 aliphatic carbocycles. The first kappa shape index (κ1) is 19.4. The molecule has 0 amide bonds. The van der Waals surface area contributed by atoms with Gasteiger partial charge in [0.1, 0.15) is 5.01 Å². The minimum absolute atomic E-state index is 0.317. The fourth-order valence-electron chi connectivity index (χ4n) is 2.85. The summed E-state index contributed by atoms with van der Waals surface area (Å²) in [6.45, 7) is 10.0. The first-order valence-electron chi connectivity index (χ1n) is 8.82. The van der Waals surface area contributed by atoms with Gasteiger partial charge in [0.05, 0.1) is 12.6 Å². The van der Waals surface area contributed by atoms with Crippen molar-refractivity contribution in [2.24, 2.45) is 4.99 Å². The van der Waals surface area contributed by atoms with Crippen LogP contribution in [0.4, 0.5) is 0 Å². The quantitative estimate of drug-likeness (QED) is 0.561. The van der Waals surface area contributed by atoms with Crippen molar-refractivity contribution in [3.05, 3.63) is 52.0 Å². The zero-order valence-corrected chi connectivity index (χ0v) is 16.4. The molecule has 0 fully saturated rings. The van der Waals surface area contributed by atoms with Crippen LogP contribution in [0.2, 0.25) is 0 Å². The van der Waals surface area contributed by atoms with Gasteiger partial charge in [-0.2, -0.15) is 0 Å². The van der Waals surface area contributed by atoms with E-state index in [1.165, 1.54) is 10.4 Å². The highest BCUT2D eigenvalue weighted by atomic mass is 32.1. The van der Waals surface area contributed by atoms with E-state index < -0.39 is 0 Å². The van der Waals surface area contributed by atoms with Crippen molar-refractivity contribution in [1.82, 2.24) is 20.5 Å². The number of aryl methyl sites for hydroxylation is 1. The molecule has 0 saturated heterocycles. The van der Waals surface area contributed by atoms with Gasteiger partial charge in [-0.3, -0.25) is 9.89 Å². The maximum absolute atomic E-state index is 4.38. The van der Waals surface area contributed by atoms with Crippen LogP contribution in [-0.4, -0.2) is 42.5 Å². The second kappa shape index (κ2) is 10.2. The number of thiazole rings is 1. The van der Waals surface area contributed by atoms with E-state index in [0.717, 1.165) is 30.6 Å². The van der Waals surface area contributed by atoms with E-state index in [-0.39, 0.29) is 0 Å². The van der Waals surface area contributed by atoms with Crippen LogP contribution in [0.1, 0.15) is 35.3 Å². The van der Waals surface area contributed by atoms with Gasteiger partial charge in [0, 0.05) is 24.7 Å². The molecule has 0 aliphatic rings. The highest BCUT2D eigenvalue weighted by Crippen LogP contribution is 2.19. The van der Waals surface area contributed by atoms with Gasteiger partial charge in [-0.25, -0.2) is 4.98 Å². The monoisotopic (exact) mass is 359 g/mol. The van der Waals surface area contributed by atoms with Crippen LogP contribution in [0.25, 0.3) is 0 Å². The Balaban J connectivity index is 1.97. The van der Waals surface area contributed by atoms with Crippen molar-refractivity contribution >= 4 is 17.3 Å². The van der Waals surface area contributed by atoms with Gasteiger partial charge in [0.2, 0.25) is 0 Å². The van der Waals surface area contributed by atoms with Gasteiger partial charge in [0.25, 0.3) is 0 Å². The normalized spacial score (nSPS) is 13.1. The summed E-state index contributed by atoms with van der Waals surface area (Å²) in [5, 5.41) is 7.89. The van der Waals surface area contributed by atoms with Gasteiger partial charge < -0.3 is 10.6 Å². The lowest BCUT2D eigenvalue weighted by atomic mass is 10.1. The summed E-state index contributed by atoms with van der Waals surface area (Å²) < 4.78 is 0. The molecule has 2 rings (SSSR count). The molecular weight excluding hydrogens is 330 g/mol. The lowest BCUT2D eigenvalue weighted by molar-refractivity contribution is 0.219. The molecule has 0 spiro atoms. The predicted molar refractivity (Wildman–Crippen MR) is 107 cm³/mol. The number of hydrogen-bond acceptors (Lipinski definition) is 4. The van der Waals surface area contributed by atoms with Gasteiger partial charge in [-0.1, -0.05) is 44.2 Å². The van der Waals surface area contributed by atoms with E-state index in [9.17, 15) is 0 Å². The number of nitrogens with one attached hydrogen (secondary N) is 2. The summed E-state index contributed by atoms with van der Waals surface area (Å²) in [6.07, 6.45) is 1.91. The number of aromatic nitrogens is 1. The molecule has 1 aromatic heterocycles. The Kier molecular flexibility index (Phi) is 7.88. The lowest BCUT2D eigenvalue weighted by Gasteiger charge is -2.30. The van der Waals surface area contributed by atoms with Crippen LogP contribution < -0.4 is 10.6 Å². The van der Waals surface area contributed by atoms with Crippen molar-refractivity contribution in [2.45, 2.75) is 33.4 Å². The Morgan fingerprint density at radius 2 is 1.92 bits per heavy atom. The van der Waals surface area contributed by atoms with Crippen LogP contribution in [0.5, 0.6) is 0 Å². The second-order valence-corrected chi connectivity index (χ2v) is 7.14. The zero-order chi connectivity index (χ0) is 18.1. The molecule has 25 heavy (non-hydrogen) atoms. The molecule has 0 aliphatic heterocycles. The molecule has 2 aromatic rings. The first-order chi connectivity index (χ1) is 12.2. The van der Waals surface area contributed by atoms with E-state index in [1.807, 2.05) is 6.20 Å². The third-order valence-electron chi connectivity index (χ3n) is 4.20. The SMILES string of the molecule is CCN(CC)C(CNC(=NC)NCc1ncc(C)s1)c1ccccc1. The van der Waals surface area contributed by atoms with Gasteiger partial charge in [0.15, 0.2) is 5.96 Å².